The number of nitrogens with zero attached hydrogens (tertiary/aromatic N) is 5. The standard InChI is InChI=1S/C21H32N6O/c1-17(2)27-13-18(10-24-27)12-25-8-3-6-21(14-25)7-4-20(28)26(15-21)9-5-19-11-22-16-23-19/h10-11,13,16-17H,3-9,12,14-15H2,1-2H3,(H,22,23)/t21-/m1/s1. The van der Waals surface area contributed by atoms with Gasteiger partial charge < -0.3 is 9.88 Å². The van der Waals surface area contributed by atoms with E-state index in [0.717, 1.165) is 51.3 Å². The number of carbonyl (C=O) groups excluding carboxylic acids is 1. The van der Waals surface area contributed by atoms with Crippen molar-refractivity contribution < 1.29 is 4.79 Å². The van der Waals surface area contributed by atoms with Gasteiger partial charge in [0.25, 0.3) is 0 Å². The minimum absolute atomic E-state index is 0.244. The van der Waals surface area contributed by atoms with Crippen LogP contribution in [0.5, 0.6) is 0 Å². The van der Waals surface area contributed by atoms with E-state index in [2.05, 4.69) is 44.9 Å². The van der Waals surface area contributed by atoms with Crippen LogP contribution in [-0.2, 0) is 17.8 Å². The lowest BCUT2D eigenvalue weighted by molar-refractivity contribution is -0.139. The molecule has 1 spiro atoms. The Morgan fingerprint density at radius 3 is 2.89 bits per heavy atom. The molecule has 7 heteroatoms. The molecule has 2 aliphatic rings. The highest BCUT2D eigenvalue weighted by atomic mass is 16.2. The van der Waals surface area contributed by atoms with Gasteiger partial charge in [-0.2, -0.15) is 5.10 Å². The van der Waals surface area contributed by atoms with E-state index in [1.165, 1.54) is 18.4 Å². The number of piperidine rings is 2. The van der Waals surface area contributed by atoms with Crippen molar-refractivity contribution >= 4 is 5.91 Å². The van der Waals surface area contributed by atoms with Crippen molar-refractivity contribution in [1.29, 1.82) is 0 Å². The van der Waals surface area contributed by atoms with Gasteiger partial charge in [0, 0.05) is 74.1 Å². The Labute approximate surface area is 167 Å². The quantitative estimate of drug-likeness (QED) is 0.831. The highest BCUT2D eigenvalue weighted by Gasteiger charge is 2.41. The van der Waals surface area contributed by atoms with Crippen LogP contribution < -0.4 is 0 Å². The first kappa shape index (κ1) is 19.2. The molecule has 28 heavy (non-hydrogen) atoms. The molecule has 0 radical (unpaired) electrons. The van der Waals surface area contributed by atoms with Crippen molar-refractivity contribution in [3.63, 3.8) is 0 Å². The molecule has 2 aromatic rings. The molecule has 152 valence electrons. The predicted molar refractivity (Wildman–Crippen MR) is 108 cm³/mol. The Morgan fingerprint density at radius 2 is 2.14 bits per heavy atom. The number of aromatic nitrogens is 4. The van der Waals surface area contributed by atoms with Gasteiger partial charge in [-0.05, 0) is 39.7 Å². The molecule has 2 aromatic heterocycles. The first-order valence-electron chi connectivity index (χ1n) is 10.5. The van der Waals surface area contributed by atoms with Crippen molar-refractivity contribution in [1.82, 2.24) is 29.5 Å². The van der Waals surface area contributed by atoms with Gasteiger partial charge >= 0.3 is 0 Å². The second-order valence-electron chi connectivity index (χ2n) is 8.88. The second kappa shape index (κ2) is 8.07. The maximum atomic E-state index is 12.5. The molecule has 0 aliphatic carbocycles. The fraction of sp³-hybridized carbons (Fsp3) is 0.667. The van der Waals surface area contributed by atoms with E-state index in [1.807, 2.05) is 17.1 Å². The van der Waals surface area contributed by atoms with Crippen LogP contribution >= 0.6 is 0 Å². The van der Waals surface area contributed by atoms with Crippen LogP contribution in [0.3, 0.4) is 0 Å². The molecular formula is C21H32N6O. The van der Waals surface area contributed by atoms with Gasteiger partial charge in [-0.15, -0.1) is 0 Å². The summed E-state index contributed by atoms with van der Waals surface area (Å²) < 4.78 is 2.03. The smallest absolute Gasteiger partial charge is 0.222 e. The zero-order valence-corrected chi connectivity index (χ0v) is 17.1. The predicted octanol–water partition coefficient (Wildman–Crippen LogP) is 2.63. The topological polar surface area (TPSA) is 70.1 Å². The summed E-state index contributed by atoms with van der Waals surface area (Å²) in [6.07, 6.45) is 12.7. The van der Waals surface area contributed by atoms with E-state index in [-0.39, 0.29) is 5.41 Å². The summed E-state index contributed by atoms with van der Waals surface area (Å²) in [4.78, 5) is 24.4. The number of H-pyrrole nitrogens is 1. The van der Waals surface area contributed by atoms with Crippen LogP contribution in [-0.4, -0.2) is 61.6 Å². The minimum atomic E-state index is 0.244. The van der Waals surface area contributed by atoms with Crippen molar-refractivity contribution in [3.05, 3.63) is 36.2 Å². The highest BCUT2D eigenvalue weighted by Crippen LogP contribution is 2.39. The van der Waals surface area contributed by atoms with Crippen LogP contribution in [0.1, 0.15) is 56.8 Å². The van der Waals surface area contributed by atoms with Gasteiger partial charge in [-0.1, -0.05) is 0 Å². The number of rotatable bonds is 6. The third kappa shape index (κ3) is 4.29. The molecule has 4 heterocycles. The van der Waals surface area contributed by atoms with Crippen LogP contribution in [0.25, 0.3) is 0 Å². The SMILES string of the molecule is CC(C)n1cc(CN2CCC[C@@]3(CCC(=O)N(CCc4cnc[nH]4)C3)C2)cn1. The Kier molecular flexibility index (Phi) is 5.53. The van der Waals surface area contributed by atoms with Crippen LogP contribution in [0, 0.1) is 5.41 Å². The molecule has 2 fully saturated rings. The molecule has 1 N–H and O–H groups in total. The molecule has 7 nitrogen and oxygen atoms in total. The average molecular weight is 385 g/mol. The summed E-state index contributed by atoms with van der Waals surface area (Å²) in [6.45, 7) is 9.15. The van der Waals surface area contributed by atoms with E-state index < -0.39 is 0 Å². The molecule has 0 unspecified atom stereocenters. The molecule has 1 atom stereocenters. The maximum absolute atomic E-state index is 12.5. The number of hydrogen-bond donors (Lipinski definition) is 1. The van der Waals surface area contributed by atoms with E-state index >= 15 is 0 Å². The monoisotopic (exact) mass is 384 g/mol. The van der Waals surface area contributed by atoms with Gasteiger partial charge in [0.2, 0.25) is 5.91 Å². The lowest BCUT2D eigenvalue weighted by Gasteiger charge is -2.48. The molecule has 1 amide bonds. The number of hydrogen-bond acceptors (Lipinski definition) is 4. The van der Waals surface area contributed by atoms with Gasteiger partial charge in [-0.25, -0.2) is 4.98 Å². The number of likely N-dealkylation sites (tertiary alicyclic amines) is 2. The van der Waals surface area contributed by atoms with Gasteiger partial charge in [0.15, 0.2) is 0 Å². The van der Waals surface area contributed by atoms with E-state index in [9.17, 15) is 4.79 Å². The summed E-state index contributed by atoms with van der Waals surface area (Å²) in [5, 5.41) is 4.48. The number of carbonyl (C=O) groups is 1. The largest absolute Gasteiger partial charge is 0.348 e. The fourth-order valence-corrected chi connectivity index (χ4v) is 4.76. The minimum Gasteiger partial charge on any atom is -0.348 e. The molecule has 2 aliphatic heterocycles. The van der Waals surface area contributed by atoms with E-state index in [1.54, 1.807) is 6.33 Å². The normalized spacial score (nSPS) is 23.8. The zero-order valence-electron chi connectivity index (χ0n) is 17.1. The summed E-state index contributed by atoms with van der Waals surface area (Å²) >= 11 is 0. The van der Waals surface area contributed by atoms with E-state index in [4.69, 9.17) is 0 Å². The molecular weight excluding hydrogens is 352 g/mol. The average Bonchev–Trinajstić information content (AvgIpc) is 3.35. The van der Waals surface area contributed by atoms with Gasteiger partial charge in [-0.3, -0.25) is 14.4 Å². The number of aromatic amines is 1. The second-order valence-corrected chi connectivity index (χ2v) is 8.88. The van der Waals surface area contributed by atoms with Crippen molar-refractivity contribution in [3.8, 4) is 0 Å². The van der Waals surface area contributed by atoms with Crippen LogP contribution in [0.4, 0.5) is 0 Å². The first-order chi connectivity index (χ1) is 13.5. The highest BCUT2D eigenvalue weighted by molar-refractivity contribution is 5.77. The Balaban J connectivity index is 1.37. The first-order valence-corrected chi connectivity index (χ1v) is 10.5. The molecule has 0 saturated carbocycles. The number of imidazole rings is 1. The zero-order chi connectivity index (χ0) is 19.6. The molecule has 0 bridgehead atoms. The summed E-state index contributed by atoms with van der Waals surface area (Å²) in [6, 6.07) is 0.397. The van der Waals surface area contributed by atoms with Crippen molar-refractivity contribution in [2.24, 2.45) is 5.41 Å². The third-order valence-corrected chi connectivity index (χ3v) is 6.28. The molecule has 4 rings (SSSR count). The Morgan fingerprint density at radius 1 is 1.25 bits per heavy atom. The molecule has 0 aromatic carbocycles. The summed E-state index contributed by atoms with van der Waals surface area (Å²) in [5.41, 5.74) is 2.63. The Bertz CT molecular complexity index is 783. The number of nitrogens with one attached hydrogen (secondary N) is 1. The summed E-state index contributed by atoms with van der Waals surface area (Å²) in [5.74, 6) is 0.306. The van der Waals surface area contributed by atoms with Crippen molar-refractivity contribution in [2.75, 3.05) is 26.2 Å². The van der Waals surface area contributed by atoms with Gasteiger partial charge in [0.05, 0.1) is 12.5 Å². The third-order valence-electron chi connectivity index (χ3n) is 6.28. The maximum Gasteiger partial charge on any atom is 0.222 e. The fourth-order valence-electron chi connectivity index (χ4n) is 4.76. The van der Waals surface area contributed by atoms with Gasteiger partial charge in [0.1, 0.15) is 0 Å². The lowest BCUT2D eigenvalue weighted by atomic mass is 9.73. The van der Waals surface area contributed by atoms with E-state index in [0.29, 0.717) is 18.4 Å². The number of amides is 1. The Hall–Kier alpha value is -2.15. The molecule has 2 saturated heterocycles. The van der Waals surface area contributed by atoms with Crippen LogP contribution in [0.15, 0.2) is 24.9 Å². The van der Waals surface area contributed by atoms with Crippen molar-refractivity contribution in [2.45, 2.75) is 58.5 Å². The lowest BCUT2D eigenvalue weighted by Crippen LogP contribution is -2.54. The van der Waals surface area contributed by atoms with Crippen LogP contribution in [0.2, 0.25) is 0 Å². The summed E-state index contributed by atoms with van der Waals surface area (Å²) in [7, 11) is 0.